The quantitative estimate of drug-likeness (QED) is 0.399. The van der Waals surface area contributed by atoms with Crippen LogP contribution in [-0.2, 0) is 13.0 Å². The first-order chi connectivity index (χ1) is 15.1. The first-order valence-corrected chi connectivity index (χ1v) is 10.1. The average molecular weight is 413 g/mol. The van der Waals surface area contributed by atoms with Crippen molar-refractivity contribution >= 4 is 11.7 Å². The van der Waals surface area contributed by atoms with Gasteiger partial charge in [0, 0.05) is 36.2 Å². The highest BCUT2D eigenvalue weighted by atomic mass is 16.4. The summed E-state index contributed by atoms with van der Waals surface area (Å²) < 4.78 is 1.77. The lowest BCUT2D eigenvalue weighted by Crippen LogP contribution is -2.00. The number of anilines is 1. The lowest BCUT2D eigenvalue weighted by molar-refractivity contribution is 0.0697. The highest BCUT2D eigenvalue weighted by Gasteiger charge is 2.13. The van der Waals surface area contributed by atoms with E-state index in [2.05, 4.69) is 5.32 Å². The van der Waals surface area contributed by atoms with Crippen molar-refractivity contribution in [1.82, 2.24) is 9.78 Å². The lowest BCUT2D eigenvalue weighted by Gasteiger charge is -2.08. The molecule has 156 valence electrons. The number of hydrogen-bond donors (Lipinski definition) is 3. The summed E-state index contributed by atoms with van der Waals surface area (Å²) in [6, 6.07) is 24.6. The van der Waals surface area contributed by atoms with Crippen molar-refractivity contribution in [2.75, 3.05) is 11.9 Å². The molecule has 0 unspecified atom stereocenters. The van der Waals surface area contributed by atoms with E-state index in [1.165, 1.54) is 0 Å². The van der Waals surface area contributed by atoms with Crippen LogP contribution >= 0.6 is 0 Å². The lowest BCUT2D eigenvalue weighted by atomic mass is 10.1. The molecule has 0 amide bonds. The minimum atomic E-state index is -0.952. The molecule has 0 atom stereocenters. The van der Waals surface area contributed by atoms with E-state index in [-0.39, 0.29) is 12.2 Å². The van der Waals surface area contributed by atoms with Gasteiger partial charge in [-0.3, -0.25) is 0 Å². The Bertz CT molecular complexity index is 1150. The predicted octanol–water partition coefficient (Wildman–Crippen LogP) is 4.38. The molecule has 4 aromatic rings. The fraction of sp³-hybridized carbons (Fsp3) is 0.120. The molecule has 6 nitrogen and oxygen atoms in total. The zero-order valence-corrected chi connectivity index (χ0v) is 16.9. The van der Waals surface area contributed by atoms with E-state index in [0.29, 0.717) is 13.0 Å². The molecule has 3 N–H and O–H groups in total. The van der Waals surface area contributed by atoms with E-state index >= 15 is 0 Å². The molecule has 0 fully saturated rings. The molecule has 6 heteroatoms. The minimum Gasteiger partial charge on any atom is -0.478 e. The molecule has 0 radical (unpaired) electrons. The zero-order chi connectivity index (χ0) is 21.6. The van der Waals surface area contributed by atoms with Gasteiger partial charge in [0.1, 0.15) is 0 Å². The van der Waals surface area contributed by atoms with Gasteiger partial charge >= 0.3 is 5.97 Å². The normalized spacial score (nSPS) is 10.7. The number of aliphatic hydroxyl groups is 1. The second kappa shape index (κ2) is 9.28. The number of carbonyl (C=O) groups is 1. The molecule has 0 bridgehead atoms. The van der Waals surface area contributed by atoms with Gasteiger partial charge in [-0.25, -0.2) is 9.48 Å². The van der Waals surface area contributed by atoms with Crippen LogP contribution in [0.5, 0.6) is 0 Å². The Morgan fingerprint density at radius 1 is 0.935 bits per heavy atom. The molecule has 0 aliphatic rings. The van der Waals surface area contributed by atoms with Crippen molar-refractivity contribution in [2.24, 2.45) is 0 Å². The predicted molar refractivity (Wildman–Crippen MR) is 121 cm³/mol. The molecule has 0 spiro atoms. The third kappa shape index (κ3) is 4.82. The molecule has 0 aliphatic carbocycles. The number of carboxylic acids is 1. The highest BCUT2D eigenvalue weighted by molar-refractivity contribution is 5.87. The maximum absolute atomic E-state index is 11.1. The zero-order valence-electron chi connectivity index (χ0n) is 16.9. The van der Waals surface area contributed by atoms with E-state index in [1.54, 1.807) is 28.9 Å². The summed E-state index contributed by atoms with van der Waals surface area (Å²) >= 11 is 0. The summed E-state index contributed by atoms with van der Waals surface area (Å²) in [5.41, 5.74) is 6.01. The van der Waals surface area contributed by atoms with Crippen LogP contribution in [0.2, 0.25) is 0 Å². The van der Waals surface area contributed by atoms with Gasteiger partial charge in [-0.1, -0.05) is 42.5 Å². The Morgan fingerprint density at radius 3 is 2.29 bits per heavy atom. The Balaban J connectivity index is 1.61. The Labute approximate surface area is 180 Å². The summed E-state index contributed by atoms with van der Waals surface area (Å²) in [4.78, 5) is 11.1. The molecule has 4 rings (SSSR count). The number of aromatic carboxylic acids is 1. The van der Waals surface area contributed by atoms with E-state index in [4.69, 9.17) is 15.3 Å². The number of aromatic nitrogens is 2. The monoisotopic (exact) mass is 413 g/mol. The van der Waals surface area contributed by atoms with Crippen molar-refractivity contribution < 1.29 is 15.0 Å². The second-order valence-electron chi connectivity index (χ2n) is 7.19. The molecule has 0 saturated heterocycles. The second-order valence-corrected chi connectivity index (χ2v) is 7.19. The Hall–Kier alpha value is -3.90. The highest BCUT2D eigenvalue weighted by Crippen LogP contribution is 2.25. The van der Waals surface area contributed by atoms with Crippen molar-refractivity contribution in [3.63, 3.8) is 0 Å². The largest absolute Gasteiger partial charge is 0.478 e. The first kappa shape index (κ1) is 20.4. The van der Waals surface area contributed by atoms with Crippen molar-refractivity contribution in [3.05, 3.63) is 102 Å². The minimum absolute atomic E-state index is 0.139. The smallest absolute Gasteiger partial charge is 0.335 e. The van der Waals surface area contributed by atoms with Crippen LogP contribution in [0, 0.1) is 0 Å². The molecule has 1 aromatic heterocycles. The molecule has 1 heterocycles. The third-order valence-electron chi connectivity index (χ3n) is 5.05. The molecule has 0 aliphatic heterocycles. The number of rotatable bonds is 8. The molecular formula is C25H23N3O3. The Kier molecular flexibility index (Phi) is 6.10. The molecule has 0 saturated carbocycles. The number of hydrogen-bond acceptors (Lipinski definition) is 4. The number of carboxylic acid groups (broad SMARTS) is 1. The van der Waals surface area contributed by atoms with Gasteiger partial charge in [0.25, 0.3) is 0 Å². The van der Waals surface area contributed by atoms with Crippen LogP contribution in [0.25, 0.3) is 16.9 Å². The number of benzene rings is 3. The van der Waals surface area contributed by atoms with Gasteiger partial charge in [-0.2, -0.15) is 5.10 Å². The Morgan fingerprint density at radius 2 is 1.65 bits per heavy atom. The summed E-state index contributed by atoms with van der Waals surface area (Å²) in [5, 5.41) is 26.4. The van der Waals surface area contributed by atoms with Crippen LogP contribution < -0.4 is 5.32 Å². The number of nitrogens with one attached hydrogen (secondary N) is 1. The third-order valence-corrected chi connectivity index (χ3v) is 5.05. The molecule has 3 aromatic carbocycles. The van der Waals surface area contributed by atoms with Gasteiger partial charge in [0.15, 0.2) is 0 Å². The van der Waals surface area contributed by atoms with Crippen molar-refractivity contribution in [2.45, 2.75) is 13.0 Å². The fourth-order valence-corrected chi connectivity index (χ4v) is 3.38. The van der Waals surface area contributed by atoms with E-state index in [1.807, 2.05) is 60.8 Å². The maximum atomic E-state index is 11.1. The summed E-state index contributed by atoms with van der Waals surface area (Å²) in [6.45, 7) is 0.719. The van der Waals surface area contributed by atoms with Gasteiger partial charge < -0.3 is 15.5 Å². The number of aliphatic hydroxyl groups excluding tert-OH is 1. The number of nitrogens with zero attached hydrogens (tertiary/aromatic N) is 2. The standard InChI is InChI=1S/C25H23N3O3/c29-15-14-18-6-10-22(11-7-18)26-16-21-17-28(23-12-8-20(9-13-23)25(30)31)27-24(21)19-4-2-1-3-5-19/h1-13,17,26,29H,14-16H2,(H,30,31). The summed E-state index contributed by atoms with van der Waals surface area (Å²) in [5.74, 6) is -0.952. The van der Waals surface area contributed by atoms with Crippen molar-refractivity contribution in [1.29, 1.82) is 0 Å². The van der Waals surface area contributed by atoms with Crippen molar-refractivity contribution in [3.8, 4) is 16.9 Å². The molecule has 31 heavy (non-hydrogen) atoms. The van der Waals surface area contributed by atoms with E-state index < -0.39 is 5.97 Å². The molecular weight excluding hydrogens is 390 g/mol. The van der Waals surface area contributed by atoms with Crippen LogP contribution in [0.1, 0.15) is 21.5 Å². The fourth-order valence-electron chi connectivity index (χ4n) is 3.38. The van der Waals surface area contributed by atoms with Gasteiger partial charge in [0.05, 0.1) is 16.9 Å². The van der Waals surface area contributed by atoms with Crippen LogP contribution in [0.4, 0.5) is 5.69 Å². The van der Waals surface area contributed by atoms with E-state index in [9.17, 15) is 4.79 Å². The SMILES string of the molecule is O=C(O)c1ccc(-n2cc(CNc3ccc(CCO)cc3)c(-c3ccccc3)n2)cc1. The summed E-state index contributed by atoms with van der Waals surface area (Å²) in [7, 11) is 0. The maximum Gasteiger partial charge on any atom is 0.335 e. The van der Waals surface area contributed by atoms with Gasteiger partial charge in [-0.15, -0.1) is 0 Å². The van der Waals surface area contributed by atoms with E-state index in [0.717, 1.165) is 33.8 Å². The van der Waals surface area contributed by atoms with Gasteiger partial charge in [0.2, 0.25) is 0 Å². The van der Waals surface area contributed by atoms with Crippen LogP contribution in [0.15, 0.2) is 85.1 Å². The van der Waals surface area contributed by atoms with Crippen LogP contribution in [0.3, 0.4) is 0 Å². The van der Waals surface area contributed by atoms with Gasteiger partial charge in [-0.05, 0) is 48.4 Å². The average Bonchev–Trinajstić information content (AvgIpc) is 3.24. The first-order valence-electron chi connectivity index (χ1n) is 10.1. The topological polar surface area (TPSA) is 87.4 Å². The van der Waals surface area contributed by atoms with Crippen LogP contribution in [-0.4, -0.2) is 32.6 Å². The summed E-state index contributed by atoms with van der Waals surface area (Å²) in [6.07, 6.45) is 2.61.